The molecule has 0 heterocycles. The molecule has 2 aromatic carbocycles. The van der Waals surface area contributed by atoms with E-state index in [9.17, 15) is 4.79 Å². The number of anilines is 1. The molecule has 1 aliphatic carbocycles. The van der Waals surface area contributed by atoms with Crippen LogP contribution in [0.25, 0.3) is 0 Å². The molecule has 0 aromatic heterocycles. The second-order valence-electron chi connectivity index (χ2n) is 5.51. The van der Waals surface area contributed by atoms with E-state index in [-0.39, 0.29) is 5.54 Å². The molecule has 20 heavy (non-hydrogen) atoms. The minimum atomic E-state index is -0.358. The average Bonchev–Trinajstić information content (AvgIpc) is 2.52. The highest BCUT2D eigenvalue weighted by molar-refractivity contribution is 5.97. The lowest BCUT2D eigenvalue weighted by molar-refractivity contribution is -0.131. The number of Topliss-reactive ketones (excluding diaryl/α,β-unsaturated/α-hetero) is 1. The summed E-state index contributed by atoms with van der Waals surface area (Å²) in [7, 11) is 2.04. The zero-order valence-electron chi connectivity index (χ0n) is 11.8. The molecule has 0 N–H and O–H groups in total. The Bertz CT molecular complexity index is 593. The summed E-state index contributed by atoms with van der Waals surface area (Å²) in [5.74, 6) is 0.354. The molecular formula is C18H19NO. The lowest BCUT2D eigenvalue weighted by Crippen LogP contribution is -2.61. The molecule has 102 valence electrons. The molecule has 0 bridgehead atoms. The van der Waals surface area contributed by atoms with Crippen LogP contribution in [0.3, 0.4) is 0 Å². The number of likely N-dealkylation sites (N-methyl/N-ethyl adjacent to an activating group) is 1. The van der Waals surface area contributed by atoms with Crippen molar-refractivity contribution in [1.29, 1.82) is 0 Å². The molecule has 2 aromatic rings. The molecule has 1 fully saturated rings. The fourth-order valence-electron chi connectivity index (χ4n) is 3.01. The van der Waals surface area contributed by atoms with E-state index in [1.165, 1.54) is 5.56 Å². The first-order valence-corrected chi connectivity index (χ1v) is 7.08. The summed E-state index contributed by atoms with van der Waals surface area (Å²) in [6.07, 6.45) is 2.42. The highest BCUT2D eigenvalue weighted by Gasteiger charge is 2.49. The lowest BCUT2D eigenvalue weighted by Gasteiger charge is -2.48. The van der Waals surface area contributed by atoms with Crippen molar-refractivity contribution >= 4 is 11.5 Å². The van der Waals surface area contributed by atoms with Crippen LogP contribution in [0.2, 0.25) is 0 Å². The maximum atomic E-state index is 12.3. The quantitative estimate of drug-likeness (QED) is 0.843. The molecule has 1 unspecified atom stereocenters. The summed E-state index contributed by atoms with van der Waals surface area (Å²) in [5.41, 5.74) is 1.97. The first-order valence-electron chi connectivity index (χ1n) is 7.08. The van der Waals surface area contributed by atoms with Gasteiger partial charge in [0.05, 0.1) is 0 Å². The summed E-state index contributed by atoms with van der Waals surface area (Å²) in [4.78, 5) is 14.5. The molecular weight excluding hydrogens is 246 g/mol. The minimum Gasteiger partial charge on any atom is -0.362 e. The van der Waals surface area contributed by atoms with Crippen molar-refractivity contribution in [2.24, 2.45) is 0 Å². The fraction of sp³-hybridized carbons (Fsp3) is 0.278. The molecule has 1 saturated carbocycles. The second kappa shape index (κ2) is 5.12. The van der Waals surface area contributed by atoms with Crippen LogP contribution >= 0.6 is 0 Å². The molecule has 1 aliphatic rings. The molecule has 2 heteroatoms. The predicted octanol–water partition coefficient (Wildman–Crippen LogP) is 3.47. The van der Waals surface area contributed by atoms with Crippen LogP contribution in [0, 0.1) is 0 Å². The number of benzene rings is 2. The summed E-state index contributed by atoms with van der Waals surface area (Å²) in [6.45, 7) is 0. The van der Waals surface area contributed by atoms with Crippen LogP contribution in [-0.4, -0.2) is 18.4 Å². The summed E-state index contributed by atoms with van der Waals surface area (Å²) in [6, 6.07) is 20.5. The first-order chi connectivity index (χ1) is 9.72. The fourth-order valence-corrected chi connectivity index (χ4v) is 3.01. The maximum Gasteiger partial charge on any atom is 0.158 e. The monoisotopic (exact) mass is 265 g/mol. The third kappa shape index (κ3) is 2.11. The molecule has 0 spiro atoms. The van der Waals surface area contributed by atoms with Gasteiger partial charge in [0.2, 0.25) is 0 Å². The van der Waals surface area contributed by atoms with Crippen molar-refractivity contribution in [3.8, 4) is 0 Å². The van der Waals surface area contributed by atoms with Crippen LogP contribution in [0.1, 0.15) is 18.4 Å². The van der Waals surface area contributed by atoms with Gasteiger partial charge in [-0.15, -0.1) is 0 Å². The van der Waals surface area contributed by atoms with Gasteiger partial charge in [0.1, 0.15) is 5.54 Å². The van der Waals surface area contributed by atoms with E-state index in [4.69, 9.17) is 0 Å². The van der Waals surface area contributed by atoms with Gasteiger partial charge in [0.15, 0.2) is 5.78 Å². The van der Waals surface area contributed by atoms with Crippen molar-refractivity contribution in [3.63, 3.8) is 0 Å². The molecule has 1 atom stereocenters. The van der Waals surface area contributed by atoms with Gasteiger partial charge in [-0.1, -0.05) is 48.5 Å². The van der Waals surface area contributed by atoms with Gasteiger partial charge in [-0.2, -0.15) is 0 Å². The Morgan fingerprint density at radius 2 is 1.60 bits per heavy atom. The van der Waals surface area contributed by atoms with E-state index < -0.39 is 0 Å². The normalized spacial score (nSPS) is 21.4. The second-order valence-corrected chi connectivity index (χ2v) is 5.51. The number of nitrogens with zero attached hydrogens (tertiary/aromatic N) is 1. The Balaban J connectivity index is 1.91. The molecule has 3 rings (SSSR count). The largest absolute Gasteiger partial charge is 0.362 e. The van der Waals surface area contributed by atoms with E-state index in [0.29, 0.717) is 12.2 Å². The molecule has 0 saturated heterocycles. The van der Waals surface area contributed by atoms with Crippen LogP contribution < -0.4 is 4.90 Å². The topological polar surface area (TPSA) is 20.3 Å². The number of ketones is 1. The van der Waals surface area contributed by atoms with Gasteiger partial charge < -0.3 is 4.90 Å². The Kier molecular flexibility index (Phi) is 3.31. The third-order valence-electron chi connectivity index (χ3n) is 4.41. The Morgan fingerprint density at radius 1 is 1.00 bits per heavy atom. The van der Waals surface area contributed by atoms with Crippen LogP contribution in [-0.2, 0) is 11.2 Å². The predicted molar refractivity (Wildman–Crippen MR) is 82.0 cm³/mol. The number of para-hydroxylation sites is 1. The van der Waals surface area contributed by atoms with E-state index in [2.05, 4.69) is 29.2 Å². The SMILES string of the molecule is CN(c1ccccc1)C1(Cc2ccccc2)CCC1=O. The average molecular weight is 265 g/mol. The Hall–Kier alpha value is -2.09. The van der Waals surface area contributed by atoms with Gasteiger partial charge in [0.25, 0.3) is 0 Å². The zero-order valence-corrected chi connectivity index (χ0v) is 11.8. The molecule has 0 aliphatic heterocycles. The highest BCUT2D eigenvalue weighted by atomic mass is 16.1. The van der Waals surface area contributed by atoms with Crippen molar-refractivity contribution in [2.45, 2.75) is 24.8 Å². The number of hydrogen-bond acceptors (Lipinski definition) is 2. The molecule has 0 amide bonds. The summed E-state index contributed by atoms with van der Waals surface area (Å²) >= 11 is 0. The van der Waals surface area contributed by atoms with E-state index in [1.54, 1.807) is 0 Å². The highest BCUT2D eigenvalue weighted by Crippen LogP contribution is 2.39. The number of hydrogen-bond donors (Lipinski definition) is 0. The van der Waals surface area contributed by atoms with Crippen LogP contribution in [0.5, 0.6) is 0 Å². The maximum absolute atomic E-state index is 12.3. The smallest absolute Gasteiger partial charge is 0.158 e. The Labute approximate surface area is 120 Å². The van der Waals surface area contributed by atoms with Gasteiger partial charge >= 0.3 is 0 Å². The van der Waals surface area contributed by atoms with Gasteiger partial charge in [-0.3, -0.25) is 4.79 Å². The third-order valence-corrected chi connectivity index (χ3v) is 4.41. The number of carbonyl (C=O) groups is 1. The van der Waals surface area contributed by atoms with E-state index in [1.807, 2.05) is 43.4 Å². The standard InChI is InChI=1S/C18H19NO/c1-19(16-10-6-3-7-11-16)18(13-12-17(18)20)14-15-8-4-2-5-9-15/h2-11H,12-14H2,1H3. The lowest BCUT2D eigenvalue weighted by atomic mass is 9.70. The van der Waals surface area contributed by atoms with Crippen LogP contribution in [0.15, 0.2) is 60.7 Å². The van der Waals surface area contributed by atoms with Crippen molar-refractivity contribution in [2.75, 3.05) is 11.9 Å². The summed E-state index contributed by atoms with van der Waals surface area (Å²) in [5, 5.41) is 0. The molecule has 0 radical (unpaired) electrons. The first kappa shape index (κ1) is 12.9. The molecule has 2 nitrogen and oxygen atoms in total. The van der Waals surface area contributed by atoms with E-state index >= 15 is 0 Å². The minimum absolute atomic E-state index is 0.354. The van der Waals surface area contributed by atoms with Crippen molar-refractivity contribution in [1.82, 2.24) is 0 Å². The van der Waals surface area contributed by atoms with Crippen molar-refractivity contribution in [3.05, 3.63) is 66.2 Å². The van der Waals surface area contributed by atoms with Crippen molar-refractivity contribution < 1.29 is 4.79 Å². The number of carbonyl (C=O) groups excluding carboxylic acids is 1. The zero-order chi connectivity index (χ0) is 14.0. The Morgan fingerprint density at radius 3 is 2.10 bits per heavy atom. The van der Waals surface area contributed by atoms with Gasteiger partial charge in [-0.25, -0.2) is 0 Å². The number of rotatable bonds is 4. The van der Waals surface area contributed by atoms with Crippen LogP contribution in [0.4, 0.5) is 5.69 Å². The van der Waals surface area contributed by atoms with Gasteiger partial charge in [0, 0.05) is 25.6 Å². The summed E-state index contributed by atoms with van der Waals surface area (Å²) < 4.78 is 0. The van der Waals surface area contributed by atoms with Gasteiger partial charge in [-0.05, 0) is 24.1 Å². The van der Waals surface area contributed by atoms with E-state index in [0.717, 1.165) is 18.5 Å².